The van der Waals surface area contributed by atoms with E-state index in [2.05, 4.69) is 8.92 Å². The number of hydrogen-bond acceptors (Lipinski definition) is 5. The fraction of sp³-hybridized carbons (Fsp3) is 0.222. The lowest BCUT2D eigenvalue weighted by atomic mass is 10.2. The smallest absolute Gasteiger partial charge is 0.340 e. The van der Waals surface area contributed by atoms with Crippen LogP contribution in [0.2, 0.25) is 0 Å². The van der Waals surface area contributed by atoms with Gasteiger partial charge in [0.05, 0.1) is 11.8 Å². The summed E-state index contributed by atoms with van der Waals surface area (Å²) in [5, 5.41) is 0. The maximum atomic E-state index is 11.2. The topological polar surface area (TPSA) is 69.7 Å². The van der Waals surface area contributed by atoms with Crippen LogP contribution in [0.25, 0.3) is 0 Å². The summed E-state index contributed by atoms with van der Waals surface area (Å²) in [4.78, 5) is 11.2. The van der Waals surface area contributed by atoms with Crippen molar-refractivity contribution in [3.05, 3.63) is 35.9 Å². The molecule has 0 fully saturated rings. The molecule has 0 saturated carbocycles. The van der Waals surface area contributed by atoms with Crippen LogP contribution in [0.5, 0.6) is 0 Å². The molecule has 0 unspecified atom stereocenters. The van der Waals surface area contributed by atoms with Gasteiger partial charge in [0.15, 0.2) is 0 Å². The third kappa shape index (κ3) is 4.57. The maximum Gasteiger partial charge on any atom is 0.340 e. The van der Waals surface area contributed by atoms with Crippen LogP contribution in [-0.2, 0) is 19.0 Å². The lowest BCUT2D eigenvalue weighted by molar-refractivity contribution is 0.0178. The van der Waals surface area contributed by atoms with Crippen molar-refractivity contribution in [1.82, 2.24) is 0 Å². The van der Waals surface area contributed by atoms with Crippen LogP contribution in [0.3, 0.4) is 0 Å². The summed E-state index contributed by atoms with van der Waals surface area (Å²) in [5.41, 5.74) is 0.342. The van der Waals surface area contributed by atoms with Crippen LogP contribution in [0.1, 0.15) is 10.4 Å². The first-order valence-corrected chi connectivity index (χ1v) is 5.87. The largest absolute Gasteiger partial charge is 0.434 e. The Labute approximate surface area is 87.7 Å². The molecule has 1 rings (SSSR count). The molecule has 1 aromatic carbocycles. The normalized spacial score (nSPS) is 11.0. The van der Waals surface area contributed by atoms with Crippen molar-refractivity contribution < 1.29 is 22.1 Å². The predicted octanol–water partition coefficient (Wildman–Crippen LogP) is 0.777. The average molecular weight is 230 g/mol. The Morgan fingerprint density at radius 1 is 1.27 bits per heavy atom. The molecule has 6 heteroatoms. The molecule has 5 nitrogen and oxygen atoms in total. The van der Waals surface area contributed by atoms with E-state index >= 15 is 0 Å². The predicted molar refractivity (Wildman–Crippen MR) is 52.7 cm³/mol. The number of ether oxygens (including phenoxy) is 1. The second-order valence-corrected chi connectivity index (χ2v) is 4.38. The van der Waals surface area contributed by atoms with Crippen molar-refractivity contribution in [1.29, 1.82) is 0 Å². The highest BCUT2D eigenvalue weighted by atomic mass is 32.2. The molecule has 0 N–H and O–H groups in total. The fourth-order valence-corrected chi connectivity index (χ4v) is 1.05. The van der Waals surface area contributed by atoms with Crippen molar-refractivity contribution in [2.24, 2.45) is 0 Å². The van der Waals surface area contributed by atoms with Gasteiger partial charge in [-0.25, -0.2) is 8.98 Å². The van der Waals surface area contributed by atoms with Crippen LogP contribution in [0.4, 0.5) is 0 Å². The highest BCUT2D eigenvalue weighted by Crippen LogP contribution is 2.01. The van der Waals surface area contributed by atoms with E-state index in [1.54, 1.807) is 30.3 Å². The van der Waals surface area contributed by atoms with Gasteiger partial charge in [0, 0.05) is 0 Å². The molecule has 0 bridgehead atoms. The van der Waals surface area contributed by atoms with E-state index in [9.17, 15) is 13.2 Å². The molecule has 0 radical (unpaired) electrons. The van der Waals surface area contributed by atoms with E-state index in [1.165, 1.54) is 0 Å². The third-order valence-electron chi connectivity index (χ3n) is 1.46. The average Bonchev–Trinajstić information content (AvgIpc) is 2.17. The van der Waals surface area contributed by atoms with Gasteiger partial charge >= 0.3 is 5.97 Å². The summed E-state index contributed by atoms with van der Waals surface area (Å²) in [6.45, 7) is -0.605. The molecule has 0 aromatic heterocycles. The van der Waals surface area contributed by atoms with Crippen molar-refractivity contribution in [2.75, 3.05) is 13.0 Å². The van der Waals surface area contributed by atoms with Crippen molar-refractivity contribution in [3.8, 4) is 0 Å². The van der Waals surface area contributed by atoms with Gasteiger partial charge in [-0.15, -0.1) is 0 Å². The fourth-order valence-electron chi connectivity index (χ4n) is 0.823. The van der Waals surface area contributed by atoms with Crippen LogP contribution in [-0.4, -0.2) is 27.4 Å². The molecule has 0 amide bonds. The lowest BCUT2D eigenvalue weighted by Crippen LogP contribution is -2.12. The van der Waals surface area contributed by atoms with E-state index in [-0.39, 0.29) is 0 Å². The molecule has 0 aliphatic heterocycles. The molecule has 0 atom stereocenters. The van der Waals surface area contributed by atoms with Crippen molar-refractivity contribution >= 4 is 16.1 Å². The number of carbonyl (C=O) groups excluding carboxylic acids is 1. The zero-order chi connectivity index (χ0) is 11.3. The lowest BCUT2D eigenvalue weighted by Gasteiger charge is -2.03. The van der Waals surface area contributed by atoms with E-state index in [4.69, 9.17) is 0 Å². The summed E-state index contributed by atoms with van der Waals surface area (Å²) in [6, 6.07) is 8.22. The first-order chi connectivity index (χ1) is 6.99. The Bertz CT molecular complexity index is 423. The van der Waals surface area contributed by atoms with Gasteiger partial charge in [0.2, 0.25) is 6.79 Å². The van der Waals surface area contributed by atoms with Crippen molar-refractivity contribution in [2.45, 2.75) is 0 Å². The number of hydrogen-bond donors (Lipinski definition) is 0. The van der Waals surface area contributed by atoms with Gasteiger partial charge in [-0.05, 0) is 12.1 Å². The molecule has 0 heterocycles. The molecule has 15 heavy (non-hydrogen) atoms. The summed E-state index contributed by atoms with van der Waals surface area (Å²) >= 11 is 0. The van der Waals surface area contributed by atoms with Gasteiger partial charge in [-0.2, -0.15) is 8.42 Å². The summed E-state index contributed by atoms with van der Waals surface area (Å²) in [6.07, 6.45) is 0.878. The van der Waals surface area contributed by atoms with E-state index in [0.717, 1.165) is 6.26 Å². The Morgan fingerprint density at radius 2 is 1.87 bits per heavy atom. The van der Waals surface area contributed by atoms with Crippen LogP contribution < -0.4 is 0 Å². The SMILES string of the molecule is CS(=O)(=O)OCOC(=O)c1ccccc1. The molecular formula is C9H10O5S. The highest BCUT2D eigenvalue weighted by Gasteiger charge is 2.07. The second-order valence-electron chi connectivity index (χ2n) is 2.74. The zero-order valence-corrected chi connectivity index (χ0v) is 8.86. The second kappa shape index (κ2) is 4.90. The minimum absolute atomic E-state index is 0.342. The summed E-state index contributed by atoms with van der Waals surface area (Å²) in [5.74, 6) is -0.626. The number of carbonyl (C=O) groups is 1. The molecule has 82 valence electrons. The minimum atomic E-state index is -3.58. The van der Waals surface area contributed by atoms with Gasteiger partial charge in [0.25, 0.3) is 10.1 Å². The molecule has 0 saturated heterocycles. The van der Waals surface area contributed by atoms with Gasteiger partial charge in [-0.3, -0.25) is 0 Å². The Kier molecular flexibility index (Phi) is 3.81. The quantitative estimate of drug-likeness (QED) is 0.434. The zero-order valence-electron chi connectivity index (χ0n) is 8.04. The number of esters is 1. The molecule has 0 spiro atoms. The molecular weight excluding hydrogens is 220 g/mol. The highest BCUT2D eigenvalue weighted by molar-refractivity contribution is 7.85. The third-order valence-corrected chi connectivity index (χ3v) is 1.99. The van der Waals surface area contributed by atoms with Gasteiger partial charge < -0.3 is 4.74 Å². The first kappa shape index (κ1) is 11.7. The van der Waals surface area contributed by atoms with Crippen molar-refractivity contribution in [3.63, 3.8) is 0 Å². The first-order valence-electron chi connectivity index (χ1n) is 4.05. The van der Waals surface area contributed by atoms with E-state index in [1.807, 2.05) is 0 Å². The molecule has 1 aromatic rings. The Balaban J connectivity index is 2.45. The minimum Gasteiger partial charge on any atom is -0.434 e. The van der Waals surface area contributed by atoms with Crippen LogP contribution >= 0.6 is 0 Å². The summed E-state index contributed by atoms with van der Waals surface area (Å²) in [7, 11) is -3.58. The van der Waals surface area contributed by atoms with Gasteiger partial charge in [0.1, 0.15) is 0 Å². The Morgan fingerprint density at radius 3 is 2.40 bits per heavy atom. The van der Waals surface area contributed by atoms with Gasteiger partial charge in [-0.1, -0.05) is 18.2 Å². The summed E-state index contributed by atoms with van der Waals surface area (Å²) < 4.78 is 29.9. The van der Waals surface area contributed by atoms with E-state index in [0.29, 0.717) is 5.56 Å². The van der Waals surface area contributed by atoms with E-state index < -0.39 is 22.9 Å². The molecule has 0 aliphatic carbocycles. The van der Waals surface area contributed by atoms with Crippen LogP contribution in [0, 0.1) is 0 Å². The monoisotopic (exact) mass is 230 g/mol. The van der Waals surface area contributed by atoms with Crippen LogP contribution in [0.15, 0.2) is 30.3 Å². The standard InChI is InChI=1S/C9H10O5S/c1-15(11,12)14-7-13-9(10)8-5-3-2-4-6-8/h2-6H,7H2,1H3. The maximum absolute atomic E-state index is 11.2. The molecule has 0 aliphatic rings. The number of benzene rings is 1. The Hall–Kier alpha value is -1.40. The number of rotatable bonds is 4.